The number of carbonyl (C=O) groups excluding carboxylic acids is 1. The van der Waals surface area contributed by atoms with Crippen LogP contribution in [0.3, 0.4) is 0 Å². The number of nitrogens with zero attached hydrogens (tertiary/aromatic N) is 2. The fraction of sp³-hybridized carbons (Fsp3) is 0.562. The Hall–Kier alpha value is -1.48. The summed E-state index contributed by atoms with van der Waals surface area (Å²) in [6.45, 7) is 3.71. The average Bonchev–Trinajstić information content (AvgIpc) is 3.16. The first-order valence-corrected chi connectivity index (χ1v) is 9.60. The van der Waals surface area contributed by atoms with Crippen LogP contribution in [0.25, 0.3) is 0 Å². The molecule has 132 valence electrons. The van der Waals surface area contributed by atoms with Crippen LogP contribution in [0.1, 0.15) is 16.8 Å². The molecule has 2 saturated heterocycles. The highest BCUT2D eigenvalue weighted by molar-refractivity contribution is 7.89. The largest absolute Gasteiger partial charge is 0.378 e. The molecule has 7 nitrogen and oxygen atoms in total. The van der Waals surface area contributed by atoms with Gasteiger partial charge in [0.25, 0.3) is 5.91 Å². The molecule has 2 fully saturated rings. The Labute approximate surface area is 142 Å². The maximum atomic E-state index is 12.7. The fourth-order valence-electron chi connectivity index (χ4n) is 3.03. The number of morpholine rings is 1. The number of hydrogen-bond acceptors (Lipinski definition) is 5. The van der Waals surface area contributed by atoms with Crippen molar-refractivity contribution in [2.75, 3.05) is 46.4 Å². The van der Waals surface area contributed by atoms with Crippen molar-refractivity contribution in [2.45, 2.75) is 17.4 Å². The first kappa shape index (κ1) is 17.3. The van der Waals surface area contributed by atoms with Gasteiger partial charge in [0.15, 0.2) is 0 Å². The Morgan fingerprint density at radius 1 is 1.25 bits per heavy atom. The fourth-order valence-corrected chi connectivity index (χ4v) is 4.42. The van der Waals surface area contributed by atoms with Gasteiger partial charge in [-0.2, -0.15) is 4.31 Å². The number of benzene rings is 1. The van der Waals surface area contributed by atoms with Crippen LogP contribution in [0.15, 0.2) is 29.2 Å². The highest BCUT2D eigenvalue weighted by Crippen LogP contribution is 2.20. The van der Waals surface area contributed by atoms with Crippen molar-refractivity contribution < 1.29 is 17.9 Å². The van der Waals surface area contributed by atoms with Gasteiger partial charge in [-0.15, -0.1) is 0 Å². The summed E-state index contributed by atoms with van der Waals surface area (Å²) >= 11 is 0. The molecule has 2 heterocycles. The second kappa shape index (κ2) is 7.18. The number of amides is 1. The van der Waals surface area contributed by atoms with E-state index in [0.717, 1.165) is 13.0 Å². The van der Waals surface area contributed by atoms with Crippen LogP contribution in [0.2, 0.25) is 0 Å². The van der Waals surface area contributed by atoms with Gasteiger partial charge in [-0.25, -0.2) is 8.42 Å². The predicted molar refractivity (Wildman–Crippen MR) is 89.4 cm³/mol. The van der Waals surface area contributed by atoms with E-state index >= 15 is 0 Å². The van der Waals surface area contributed by atoms with E-state index in [9.17, 15) is 13.2 Å². The maximum Gasteiger partial charge on any atom is 0.254 e. The van der Waals surface area contributed by atoms with E-state index in [4.69, 9.17) is 4.74 Å². The molecule has 2 aliphatic rings. The molecule has 2 aliphatic heterocycles. The minimum Gasteiger partial charge on any atom is -0.378 e. The topological polar surface area (TPSA) is 79.0 Å². The Morgan fingerprint density at radius 3 is 2.50 bits per heavy atom. The molecule has 8 heteroatoms. The Balaban J connectivity index is 1.74. The van der Waals surface area contributed by atoms with E-state index < -0.39 is 10.0 Å². The summed E-state index contributed by atoms with van der Waals surface area (Å²) in [6, 6.07) is 6.19. The van der Waals surface area contributed by atoms with Gasteiger partial charge in [-0.05, 0) is 37.2 Å². The van der Waals surface area contributed by atoms with Gasteiger partial charge in [-0.3, -0.25) is 4.79 Å². The van der Waals surface area contributed by atoms with E-state index in [0.29, 0.717) is 38.4 Å². The van der Waals surface area contributed by atoms with Crippen LogP contribution in [0, 0.1) is 0 Å². The van der Waals surface area contributed by atoms with Crippen LogP contribution in [0.4, 0.5) is 0 Å². The monoisotopic (exact) mass is 353 g/mol. The molecule has 1 unspecified atom stereocenters. The van der Waals surface area contributed by atoms with E-state index in [-0.39, 0.29) is 16.8 Å². The molecule has 1 aromatic rings. The molecule has 0 aliphatic carbocycles. The first-order valence-electron chi connectivity index (χ1n) is 8.16. The molecule has 24 heavy (non-hydrogen) atoms. The third-order valence-corrected chi connectivity index (χ3v) is 6.55. The number of carbonyl (C=O) groups is 1. The normalized spacial score (nSPS) is 22.1. The van der Waals surface area contributed by atoms with Crippen molar-refractivity contribution in [2.24, 2.45) is 0 Å². The van der Waals surface area contributed by atoms with Crippen molar-refractivity contribution in [1.82, 2.24) is 14.5 Å². The van der Waals surface area contributed by atoms with Crippen molar-refractivity contribution >= 4 is 15.9 Å². The second-order valence-electron chi connectivity index (χ2n) is 6.10. The van der Waals surface area contributed by atoms with Crippen LogP contribution in [-0.2, 0) is 14.8 Å². The third kappa shape index (κ3) is 3.46. The number of rotatable bonds is 4. The lowest BCUT2D eigenvalue weighted by Gasteiger charge is -2.27. The minimum atomic E-state index is -3.54. The van der Waals surface area contributed by atoms with Crippen LogP contribution in [0.5, 0.6) is 0 Å². The van der Waals surface area contributed by atoms with Crippen LogP contribution >= 0.6 is 0 Å². The van der Waals surface area contributed by atoms with Crippen molar-refractivity contribution in [3.8, 4) is 0 Å². The molecule has 0 radical (unpaired) electrons. The van der Waals surface area contributed by atoms with Gasteiger partial charge < -0.3 is 15.0 Å². The van der Waals surface area contributed by atoms with Gasteiger partial charge in [0.2, 0.25) is 10.0 Å². The zero-order valence-electron chi connectivity index (χ0n) is 13.8. The minimum absolute atomic E-state index is 0.0235. The van der Waals surface area contributed by atoms with E-state index in [1.807, 2.05) is 0 Å². The van der Waals surface area contributed by atoms with Gasteiger partial charge in [0.1, 0.15) is 0 Å². The number of ether oxygens (including phenoxy) is 1. The average molecular weight is 353 g/mol. The highest BCUT2D eigenvalue weighted by atomic mass is 32.2. The second-order valence-corrected chi connectivity index (χ2v) is 8.09. The molecule has 3 rings (SSSR count). The number of hydrogen-bond donors (Lipinski definition) is 1. The van der Waals surface area contributed by atoms with Crippen LogP contribution < -0.4 is 5.32 Å². The molecule has 1 amide bonds. The molecule has 1 atom stereocenters. The SMILES string of the molecule is CN(C1CCNC1)S(=O)(=O)c1ccc(C(=O)N2CCOCC2)cc1. The zero-order chi connectivity index (χ0) is 17.2. The molecule has 0 spiro atoms. The number of likely N-dealkylation sites (N-methyl/N-ethyl adjacent to an activating group) is 1. The van der Waals surface area contributed by atoms with Crippen LogP contribution in [-0.4, -0.2) is 76.0 Å². The van der Waals surface area contributed by atoms with Gasteiger partial charge in [0.05, 0.1) is 18.1 Å². The lowest BCUT2D eigenvalue weighted by Crippen LogP contribution is -2.40. The Kier molecular flexibility index (Phi) is 5.19. The zero-order valence-corrected chi connectivity index (χ0v) is 14.6. The number of sulfonamides is 1. The molecule has 0 aromatic heterocycles. The smallest absolute Gasteiger partial charge is 0.254 e. The quantitative estimate of drug-likeness (QED) is 0.833. The summed E-state index contributed by atoms with van der Waals surface area (Å²) in [5.74, 6) is -0.0874. The Morgan fingerprint density at radius 2 is 1.92 bits per heavy atom. The predicted octanol–water partition coefficient (Wildman–Crippen LogP) is 0.141. The highest BCUT2D eigenvalue weighted by Gasteiger charge is 2.30. The first-order chi connectivity index (χ1) is 11.5. The van der Waals surface area contributed by atoms with Crippen molar-refractivity contribution in [3.05, 3.63) is 29.8 Å². The summed E-state index contributed by atoms with van der Waals surface area (Å²) in [5.41, 5.74) is 0.501. The van der Waals surface area contributed by atoms with Gasteiger partial charge in [-0.1, -0.05) is 0 Å². The van der Waals surface area contributed by atoms with Crippen molar-refractivity contribution in [1.29, 1.82) is 0 Å². The lowest BCUT2D eigenvalue weighted by molar-refractivity contribution is 0.0303. The van der Waals surface area contributed by atoms with E-state index in [2.05, 4.69) is 5.32 Å². The lowest BCUT2D eigenvalue weighted by atomic mass is 10.2. The van der Waals surface area contributed by atoms with E-state index in [1.54, 1.807) is 24.1 Å². The summed E-state index contributed by atoms with van der Waals surface area (Å²) in [5, 5.41) is 3.17. The third-order valence-electron chi connectivity index (χ3n) is 4.63. The van der Waals surface area contributed by atoms with E-state index in [1.165, 1.54) is 16.4 Å². The summed E-state index contributed by atoms with van der Waals surface area (Å²) in [7, 11) is -1.93. The summed E-state index contributed by atoms with van der Waals surface area (Å²) < 4.78 is 32.0. The molecule has 1 N–H and O–H groups in total. The molecular formula is C16H23N3O4S. The standard InChI is InChI=1S/C16H23N3O4S/c1-18(14-6-7-17-12-14)24(21,22)15-4-2-13(3-5-15)16(20)19-8-10-23-11-9-19/h2-5,14,17H,6-12H2,1H3. The maximum absolute atomic E-state index is 12.7. The number of nitrogens with one attached hydrogen (secondary N) is 1. The molecular weight excluding hydrogens is 330 g/mol. The molecule has 1 aromatic carbocycles. The van der Waals surface area contributed by atoms with Crippen molar-refractivity contribution in [3.63, 3.8) is 0 Å². The Bertz CT molecular complexity index is 678. The van der Waals surface area contributed by atoms with Gasteiger partial charge in [0, 0.05) is 38.3 Å². The summed E-state index contributed by atoms with van der Waals surface area (Å²) in [6.07, 6.45) is 0.809. The summed E-state index contributed by atoms with van der Waals surface area (Å²) in [4.78, 5) is 14.3. The molecule has 0 saturated carbocycles. The molecule has 0 bridgehead atoms. The van der Waals surface area contributed by atoms with Gasteiger partial charge >= 0.3 is 0 Å².